The summed E-state index contributed by atoms with van der Waals surface area (Å²) in [5.74, 6) is 0.170. The fraction of sp³-hybridized carbons (Fsp3) is 0.812. The zero-order valence-corrected chi connectivity index (χ0v) is 14.8. The summed E-state index contributed by atoms with van der Waals surface area (Å²) < 4.78 is 13.2. The molecule has 0 spiro atoms. The molecule has 2 aliphatic heterocycles. The average Bonchev–Trinajstić information content (AvgIpc) is 3.21. The molecule has 1 amide bonds. The summed E-state index contributed by atoms with van der Waals surface area (Å²) in [5, 5.41) is 8.37. The van der Waals surface area contributed by atoms with E-state index in [0.717, 1.165) is 30.8 Å². The Balaban J connectivity index is 1.67. The van der Waals surface area contributed by atoms with Crippen LogP contribution in [-0.2, 0) is 27.9 Å². The van der Waals surface area contributed by atoms with Gasteiger partial charge in [0.05, 0.1) is 25.5 Å². The molecule has 1 fully saturated rings. The summed E-state index contributed by atoms with van der Waals surface area (Å²) in [5.41, 5.74) is 1.95. The fourth-order valence-corrected chi connectivity index (χ4v) is 3.37. The van der Waals surface area contributed by atoms with Gasteiger partial charge in [0.1, 0.15) is 11.8 Å². The van der Waals surface area contributed by atoms with Gasteiger partial charge in [-0.15, -0.1) is 5.10 Å². The molecular formula is C16H27N5O3. The summed E-state index contributed by atoms with van der Waals surface area (Å²) in [7, 11) is 5.94. The Morgan fingerprint density at radius 1 is 1.46 bits per heavy atom. The highest BCUT2D eigenvalue weighted by Crippen LogP contribution is 2.28. The number of hydrogen-bond donors (Lipinski definition) is 0. The van der Waals surface area contributed by atoms with Gasteiger partial charge in [0.25, 0.3) is 5.91 Å². The molecule has 0 radical (unpaired) electrons. The summed E-state index contributed by atoms with van der Waals surface area (Å²) in [4.78, 5) is 16.6. The third-order valence-electron chi connectivity index (χ3n) is 4.63. The Bertz CT molecular complexity index is 568. The largest absolute Gasteiger partial charge is 0.379 e. The van der Waals surface area contributed by atoms with E-state index < -0.39 is 0 Å². The molecule has 2 atom stereocenters. The molecule has 0 bridgehead atoms. The van der Waals surface area contributed by atoms with Crippen molar-refractivity contribution < 1.29 is 14.3 Å². The monoisotopic (exact) mass is 337 g/mol. The van der Waals surface area contributed by atoms with Crippen molar-refractivity contribution in [2.75, 3.05) is 47.0 Å². The van der Waals surface area contributed by atoms with Crippen LogP contribution in [0.2, 0.25) is 0 Å². The summed E-state index contributed by atoms with van der Waals surface area (Å²) in [6.45, 7) is 3.94. The lowest BCUT2D eigenvalue weighted by Gasteiger charge is -2.33. The molecule has 1 aromatic rings. The molecule has 8 nitrogen and oxygen atoms in total. The van der Waals surface area contributed by atoms with E-state index in [1.54, 1.807) is 0 Å². The van der Waals surface area contributed by atoms with E-state index in [2.05, 4.69) is 15.2 Å². The molecule has 0 aliphatic carbocycles. The van der Waals surface area contributed by atoms with Gasteiger partial charge in [-0.3, -0.25) is 9.48 Å². The van der Waals surface area contributed by atoms with Crippen molar-refractivity contribution in [1.29, 1.82) is 0 Å². The van der Waals surface area contributed by atoms with Crippen LogP contribution in [0.25, 0.3) is 0 Å². The van der Waals surface area contributed by atoms with Crippen molar-refractivity contribution in [2.45, 2.75) is 31.4 Å². The van der Waals surface area contributed by atoms with Crippen molar-refractivity contribution in [3.05, 3.63) is 11.4 Å². The molecule has 8 heteroatoms. The van der Waals surface area contributed by atoms with Crippen molar-refractivity contribution in [1.82, 2.24) is 24.8 Å². The Kier molecular flexibility index (Phi) is 5.47. The quantitative estimate of drug-likeness (QED) is 0.680. The van der Waals surface area contributed by atoms with Crippen LogP contribution in [0.4, 0.5) is 0 Å². The number of aryl methyl sites for hydroxylation is 1. The van der Waals surface area contributed by atoms with Crippen molar-refractivity contribution in [3.8, 4) is 0 Å². The Morgan fingerprint density at radius 3 is 3.00 bits per heavy atom. The maximum absolute atomic E-state index is 12.7. The lowest BCUT2D eigenvalue weighted by atomic mass is 9.98. The molecule has 24 heavy (non-hydrogen) atoms. The number of aromatic nitrogens is 3. The van der Waals surface area contributed by atoms with Gasteiger partial charge in [0.15, 0.2) is 0 Å². The molecule has 1 saturated heterocycles. The second-order valence-electron chi connectivity index (χ2n) is 6.84. The van der Waals surface area contributed by atoms with Gasteiger partial charge in [0.2, 0.25) is 0 Å². The smallest absolute Gasteiger partial charge is 0.252 e. The Labute approximate surface area is 142 Å². The molecule has 1 aromatic heterocycles. The topological polar surface area (TPSA) is 72.7 Å². The van der Waals surface area contributed by atoms with E-state index in [-0.39, 0.29) is 17.9 Å². The van der Waals surface area contributed by atoms with Crippen molar-refractivity contribution in [3.63, 3.8) is 0 Å². The summed E-state index contributed by atoms with van der Waals surface area (Å²) >= 11 is 0. The maximum atomic E-state index is 12.7. The van der Waals surface area contributed by atoms with Crippen LogP contribution in [0, 0.1) is 0 Å². The second kappa shape index (κ2) is 7.58. The van der Waals surface area contributed by atoms with E-state index in [1.807, 2.05) is 30.7 Å². The third kappa shape index (κ3) is 3.76. The first-order valence-corrected chi connectivity index (χ1v) is 8.57. The van der Waals surface area contributed by atoms with E-state index in [0.29, 0.717) is 32.9 Å². The maximum Gasteiger partial charge on any atom is 0.252 e. The van der Waals surface area contributed by atoms with Gasteiger partial charge >= 0.3 is 0 Å². The molecule has 3 rings (SSSR count). The first kappa shape index (κ1) is 17.3. The SMILES string of the molecule is CN(C)CCOCC1CN(C(=O)[C@@H]2CCCO2)Cc2nnn(C)c21. The zero-order valence-electron chi connectivity index (χ0n) is 14.8. The molecule has 134 valence electrons. The van der Waals surface area contributed by atoms with Crippen LogP contribution in [0.3, 0.4) is 0 Å². The predicted molar refractivity (Wildman–Crippen MR) is 87.5 cm³/mol. The number of nitrogens with zero attached hydrogens (tertiary/aromatic N) is 5. The Hall–Kier alpha value is -1.51. The Morgan fingerprint density at radius 2 is 2.29 bits per heavy atom. The van der Waals surface area contributed by atoms with Crippen LogP contribution in [0.15, 0.2) is 0 Å². The van der Waals surface area contributed by atoms with Crippen LogP contribution >= 0.6 is 0 Å². The molecule has 2 aliphatic rings. The fourth-order valence-electron chi connectivity index (χ4n) is 3.37. The number of carbonyl (C=O) groups excluding carboxylic acids is 1. The number of amides is 1. The van der Waals surface area contributed by atoms with Crippen LogP contribution in [-0.4, -0.2) is 83.8 Å². The van der Waals surface area contributed by atoms with Gasteiger partial charge in [-0.05, 0) is 26.9 Å². The molecule has 3 heterocycles. The highest BCUT2D eigenvalue weighted by atomic mass is 16.5. The molecule has 0 N–H and O–H groups in total. The highest BCUT2D eigenvalue weighted by Gasteiger charge is 2.36. The number of ether oxygens (including phenoxy) is 2. The van der Waals surface area contributed by atoms with Gasteiger partial charge in [-0.25, -0.2) is 0 Å². The van der Waals surface area contributed by atoms with Crippen LogP contribution in [0.5, 0.6) is 0 Å². The molecule has 1 unspecified atom stereocenters. The van der Waals surface area contributed by atoms with Gasteiger partial charge in [-0.1, -0.05) is 5.21 Å². The third-order valence-corrected chi connectivity index (χ3v) is 4.63. The second-order valence-corrected chi connectivity index (χ2v) is 6.84. The number of likely N-dealkylation sites (N-methyl/N-ethyl adjacent to an activating group) is 1. The van der Waals surface area contributed by atoms with Gasteiger partial charge in [-0.2, -0.15) is 0 Å². The predicted octanol–water partition coefficient (Wildman–Crippen LogP) is -0.00190. The lowest BCUT2D eigenvalue weighted by molar-refractivity contribution is -0.142. The zero-order chi connectivity index (χ0) is 17.1. The highest BCUT2D eigenvalue weighted by molar-refractivity contribution is 5.81. The van der Waals surface area contributed by atoms with Crippen molar-refractivity contribution in [2.24, 2.45) is 7.05 Å². The van der Waals surface area contributed by atoms with Crippen LogP contribution in [0.1, 0.15) is 30.1 Å². The number of hydrogen-bond acceptors (Lipinski definition) is 6. The average molecular weight is 337 g/mol. The van der Waals surface area contributed by atoms with E-state index in [1.165, 1.54) is 0 Å². The molecular weight excluding hydrogens is 310 g/mol. The summed E-state index contributed by atoms with van der Waals surface area (Å²) in [6, 6.07) is 0. The first-order valence-electron chi connectivity index (χ1n) is 8.57. The lowest BCUT2D eigenvalue weighted by Crippen LogP contribution is -2.44. The van der Waals surface area contributed by atoms with E-state index in [4.69, 9.17) is 9.47 Å². The van der Waals surface area contributed by atoms with Gasteiger partial charge in [0, 0.05) is 32.7 Å². The number of rotatable bonds is 6. The number of carbonyl (C=O) groups is 1. The minimum absolute atomic E-state index is 0.0714. The van der Waals surface area contributed by atoms with Crippen molar-refractivity contribution >= 4 is 5.91 Å². The number of fused-ring (bicyclic) bond motifs is 1. The molecule has 0 saturated carbocycles. The normalized spacial score (nSPS) is 23.8. The van der Waals surface area contributed by atoms with Gasteiger partial charge < -0.3 is 19.3 Å². The molecule has 0 aromatic carbocycles. The summed E-state index contributed by atoms with van der Waals surface area (Å²) in [6.07, 6.45) is 1.48. The standard InChI is InChI=1S/C16H27N5O3/c1-19(2)6-8-23-11-12-9-21(16(22)14-5-4-7-24-14)10-13-15(12)20(3)18-17-13/h12,14H,4-11H2,1-3H3/t12?,14-/m0/s1. The first-order chi connectivity index (χ1) is 11.6. The van der Waals surface area contributed by atoms with E-state index in [9.17, 15) is 4.79 Å². The van der Waals surface area contributed by atoms with Crippen LogP contribution < -0.4 is 0 Å². The van der Waals surface area contributed by atoms with E-state index >= 15 is 0 Å². The minimum Gasteiger partial charge on any atom is -0.379 e. The minimum atomic E-state index is -0.293.